The van der Waals surface area contributed by atoms with E-state index in [1.807, 2.05) is 12.1 Å². The number of hydrogen-bond donors (Lipinski definition) is 1. The molecule has 0 aromatic carbocycles. The van der Waals surface area contributed by atoms with Gasteiger partial charge in [-0.15, -0.1) is 11.3 Å². The summed E-state index contributed by atoms with van der Waals surface area (Å²) in [6.45, 7) is 1.85. The van der Waals surface area contributed by atoms with Gasteiger partial charge in [0.1, 0.15) is 0 Å². The van der Waals surface area contributed by atoms with Crippen LogP contribution in [0.2, 0.25) is 0 Å². The Bertz CT molecular complexity index is 442. The Morgan fingerprint density at radius 2 is 2.29 bits per heavy atom. The molecular weight excluding hydrogens is 232 g/mol. The van der Waals surface area contributed by atoms with Crippen LogP contribution in [-0.4, -0.2) is 11.6 Å². The van der Waals surface area contributed by atoms with Gasteiger partial charge >= 0.3 is 0 Å². The Kier molecular flexibility index (Phi) is 4.67. The van der Waals surface area contributed by atoms with Crippen molar-refractivity contribution < 1.29 is 4.74 Å². The number of nitrogens with two attached hydrogens (primary N) is 1. The summed E-state index contributed by atoms with van der Waals surface area (Å²) >= 11 is 1.77. The van der Waals surface area contributed by atoms with Crippen LogP contribution >= 0.6 is 11.3 Å². The number of rotatable bonds is 6. The van der Waals surface area contributed by atoms with Crippen LogP contribution in [0.5, 0.6) is 0 Å². The van der Waals surface area contributed by atoms with Gasteiger partial charge in [0.05, 0.1) is 18.9 Å². The highest BCUT2D eigenvalue weighted by Gasteiger charge is 1.97. The second-order valence-electron chi connectivity index (χ2n) is 3.74. The molecule has 2 aromatic heterocycles. The highest BCUT2D eigenvalue weighted by molar-refractivity contribution is 7.09. The molecule has 3 nitrogen and oxygen atoms in total. The summed E-state index contributed by atoms with van der Waals surface area (Å²) in [5, 5.41) is 2.09. The van der Waals surface area contributed by atoms with Gasteiger partial charge in [-0.3, -0.25) is 4.98 Å². The predicted molar refractivity (Wildman–Crippen MR) is 69.8 cm³/mol. The molecule has 0 spiro atoms. The van der Waals surface area contributed by atoms with Crippen molar-refractivity contribution in [3.8, 4) is 0 Å². The van der Waals surface area contributed by atoms with Crippen LogP contribution < -0.4 is 5.73 Å². The van der Waals surface area contributed by atoms with E-state index in [0.717, 1.165) is 24.3 Å². The molecule has 2 heterocycles. The maximum Gasteiger partial charge on any atom is 0.0718 e. The van der Waals surface area contributed by atoms with Crippen molar-refractivity contribution in [3.05, 3.63) is 52.0 Å². The van der Waals surface area contributed by atoms with E-state index in [9.17, 15) is 0 Å². The quantitative estimate of drug-likeness (QED) is 0.798. The van der Waals surface area contributed by atoms with Crippen molar-refractivity contribution >= 4 is 11.3 Å². The molecule has 0 aliphatic carbocycles. The first kappa shape index (κ1) is 12.2. The number of hydrogen-bond acceptors (Lipinski definition) is 4. The lowest BCUT2D eigenvalue weighted by atomic mass is 10.2. The first-order valence-electron chi connectivity index (χ1n) is 5.62. The summed E-state index contributed by atoms with van der Waals surface area (Å²) in [5.41, 5.74) is 7.57. The third kappa shape index (κ3) is 3.93. The summed E-state index contributed by atoms with van der Waals surface area (Å²) in [4.78, 5) is 5.51. The van der Waals surface area contributed by atoms with Crippen molar-refractivity contribution in [2.45, 2.75) is 19.6 Å². The minimum absolute atomic E-state index is 0.475. The van der Waals surface area contributed by atoms with Gasteiger partial charge in [0.15, 0.2) is 0 Å². The monoisotopic (exact) mass is 248 g/mol. The van der Waals surface area contributed by atoms with E-state index in [1.165, 1.54) is 4.88 Å². The van der Waals surface area contributed by atoms with Crippen LogP contribution in [0.1, 0.15) is 16.1 Å². The molecule has 4 heteroatoms. The summed E-state index contributed by atoms with van der Waals surface area (Å²) in [6.07, 6.45) is 2.76. The lowest BCUT2D eigenvalue weighted by Crippen LogP contribution is -2.02. The molecule has 2 rings (SSSR count). The highest BCUT2D eigenvalue weighted by Crippen LogP contribution is 2.10. The maximum atomic E-state index is 5.63. The number of pyridine rings is 1. The molecule has 0 saturated carbocycles. The highest BCUT2D eigenvalue weighted by atomic mass is 32.1. The molecule has 0 amide bonds. The van der Waals surface area contributed by atoms with E-state index in [0.29, 0.717) is 13.2 Å². The molecule has 0 unspecified atom stereocenters. The fourth-order valence-electron chi connectivity index (χ4n) is 1.55. The number of aromatic nitrogens is 1. The number of thiophene rings is 1. The molecule has 0 fully saturated rings. The largest absolute Gasteiger partial charge is 0.376 e. The Balaban J connectivity index is 1.74. The standard InChI is InChI=1S/C13H16N2OS/c14-9-12-8-11(3-5-15-12)10-16-6-4-13-2-1-7-17-13/h1-3,5,7-8H,4,6,9-10,14H2. The normalized spacial score (nSPS) is 10.6. The number of nitrogens with zero attached hydrogens (tertiary/aromatic N) is 1. The van der Waals surface area contributed by atoms with Crippen molar-refractivity contribution in [1.29, 1.82) is 0 Å². The molecule has 2 N–H and O–H groups in total. The Morgan fingerprint density at radius 3 is 3.06 bits per heavy atom. The lowest BCUT2D eigenvalue weighted by molar-refractivity contribution is 0.124. The van der Waals surface area contributed by atoms with E-state index in [-0.39, 0.29) is 0 Å². The third-order valence-electron chi connectivity index (χ3n) is 2.43. The van der Waals surface area contributed by atoms with Gasteiger partial charge in [0.2, 0.25) is 0 Å². The van der Waals surface area contributed by atoms with Crippen LogP contribution in [0.3, 0.4) is 0 Å². The first-order chi connectivity index (χ1) is 8.38. The van der Waals surface area contributed by atoms with Crippen molar-refractivity contribution in [2.24, 2.45) is 5.73 Å². The Hall–Kier alpha value is -1.23. The van der Waals surface area contributed by atoms with Crippen LogP contribution in [0, 0.1) is 0 Å². The minimum Gasteiger partial charge on any atom is -0.376 e. The molecule has 0 bridgehead atoms. The van der Waals surface area contributed by atoms with Gasteiger partial charge in [-0.1, -0.05) is 6.07 Å². The molecule has 0 radical (unpaired) electrons. The van der Waals surface area contributed by atoms with Crippen LogP contribution in [0.15, 0.2) is 35.8 Å². The van der Waals surface area contributed by atoms with Gasteiger partial charge in [0.25, 0.3) is 0 Å². The van der Waals surface area contributed by atoms with Gasteiger partial charge in [-0.05, 0) is 29.1 Å². The zero-order valence-electron chi connectivity index (χ0n) is 9.63. The van der Waals surface area contributed by atoms with E-state index in [4.69, 9.17) is 10.5 Å². The zero-order chi connectivity index (χ0) is 11.9. The van der Waals surface area contributed by atoms with Crippen molar-refractivity contribution in [2.75, 3.05) is 6.61 Å². The van der Waals surface area contributed by atoms with Crippen molar-refractivity contribution in [3.63, 3.8) is 0 Å². The molecule has 17 heavy (non-hydrogen) atoms. The van der Waals surface area contributed by atoms with E-state index in [1.54, 1.807) is 17.5 Å². The lowest BCUT2D eigenvalue weighted by Gasteiger charge is -2.04. The molecule has 90 valence electrons. The molecule has 0 saturated heterocycles. The average molecular weight is 248 g/mol. The number of ether oxygens (including phenoxy) is 1. The topological polar surface area (TPSA) is 48.1 Å². The Labute approximate surface area is 105 Å². The predicted octanol–water partition coefficient (Wildman–Crippen LogP) is 2.36. The van der Waals surface area contributed by atoms with E-state index >= 15 is 0 Å². The summed E-state index contributed by atoms with van der Waals surface area (Å²) < 4.78 is 5.63. The van der Waals surface area contributed by atoms with Gasteiger partial charge in [-0.25, -0.2) is 0 Å². The molecule has 2 aromatic rings. The minimum atomic E-state index is 0.475. The second kappa shape index (κ2) is 6.49. The van der Waals surface area contributed by atoms with Crippen molar-refractivity contribution in [1.82, 2.24) is 4.98 Å². The van der Waals surface area contributed by atoms with Gasteiger partial charge in [-0.2, -0.15) is 0 Å². The summed E-state index contributed by atoms with van der Waals surface area (Å²) in [7, 11) is 0. The molecule has 0 aliphatic heterocycles. The van der Waals surface area contributed by atoms with E-state index < -0.39 is 0 Å². The fraction of sp³-hybridized carbons (Fsp3) is 0.308. The molecule has 0 atom stereocenters. The summed E-state index contributed by atoms with van der Waals surface area (Å²) in [6, 6.07) is 8.15. The molecule has 0 aliphatic rings. The van der Waals surface area contributed by atoms with Crippen LogP contribution in [0.4, 0.5) is 0 Å². The van der Waals surface area contributed by atoms with E-state index in [2.05, 4.69) is 22.5 Å². The average Bonchev–Trinajstić information content (AvgIpc) is 2.88. The Morgan fingerprint density at radius 1 is 1.35 bits per heavy atom. The second-order valence-corrected chi connectivity index (χ2v) is 4.77. The van der Waals surface area contributed by atoms with Crippen LogP contribution in [0.25, 0.3) is 0 Å². The third-order valence-corrected chi connectivity index (χ3v) is 3.37. The smallest absolute Gasteiger partial charge is 0.0718 e. The van der Waals surface area contributed by atoms with Crippen LogP contribution in [-0.2, 0) is 24.3 Å². The zero-order valence-corrected chi connectivity index (χ0v) is 10.5. The van der Waals surface area contributed by atoms with Gasteiger partial charge in [0, 0.05) is 24.0 Å². The SMILES string of the molecule is NCc1cc(COCCc2cccs2)ccn1. The maximum absolute atomic E-state index is 5.63. The molecular formula is C13H16N2OS. The summed E-state index contributed by atoms with van der Waals surface area (Å²) in [5.74, 6) is 0. The fourth-order valence-corrected chi connectivity index (χ4v) is 2.24. The first-order valence-corrected chi connectivity index (χ1v) is 6.50. The van der Waals surface area contributed by atoms with Gasteiger partial charge < -0.3 is 10.5 Å².